The molecule has 0 bridgehead atoms. The van der Waals surface area contributed by atoms with Crippen LogP contribution in [0.15, 0.2) is 24.3 Å². The first-order chi connectivity index (χ1) is 7.90. The zero-order valence-corrected chi connectivity index (χ0v) is 11.2. The number of amides is 1. The van der Waals surface area contributed by atoms with Crippen LogP contribution in [0.25, 0.3) is 0 Å². The number of primary amides is 1. The van der Waals surface area contributed by atoms with Gasteiger partial charge in [0.1, 0.15) is 5.54 Å². The summed E-state index contributed by atoms with van der Waals surface area (Å²) in [5.74, 6) is -0.197. The molecule has 0 aliphatic carbocycles. The summed E-state index contributed by atoms with van der Waals surface area (Å²) in [5.41, 5.74) is 5.59. The lowest BCUT2D eigenvalue weighted by Crippen LogP contribution is -2.52. The van der Waals surface area contributed by atoms with Crippen LogP contribution >= 0.6 is 11.6 Å². The summed E-state index contributed by atoms with van der Waals surface area (Å²) >= 11 is 5.82. The lowest BCUT2D eigenvalue weighted by molar-refractivity contribution is -0.123. The van der Waals surface area contributed by atoms with E-state index in [1.54, 1.807) is 12.1 Å². The van der Waals surface area contributed by atoms with Crippen molar-refractivity contribution >= 4 is 23.2 Å². The highest BCUT2D eigenvalue weighted by Gasteiger charge is 2.36. The summed E-state index contributed by atoms with van der Waals surface area (Å²) in [6, 6.07) is 7.24. The highest BCUT2D eigenvalue weighted by atomic mass is 35.5. The first kappa shape index (κ1) is 13.8. The number of halogens is 1. The minimum absolute atomic E-state index is 0.149. The number of carbonyl (C=O) groups is 1. The first-order valence-corrected chi connectivity index (χ1v) is 6.11. The van der Waals surface area contributed by atoms with Crippen molar-refractivity contribution in [3.8, 4) is 0 Å². The van der Waals surface area contributed by atoms with Crippen LogP contribution in [0.2, 0.25) is 5.02 Å². The number of anilines is 1. The van der Waals surface area contributed by atoms with Gasteiger partial charge in [0.2, 0.25) is 5.91 Å². The number of carbonyl (C=O) groups excluding carboxylic acids is 1. The Morgan fingerprint density at radius 1 is 1.47 bits per heavy atom. The van der Waals surface area contributed by atoms with E-state index < -0.39 is 5.54 Å². The second-order valence-electron chi connectivity index (χ2n) is 4.51. The Hall–Kier alpha value is -1.22. The normalized spacial score (nSPS) is 16.0. The first-order valence-electron chi connectivity index (χ1n) is 5.73. The van der Waals surface area contributed by atoms with Crippen molar-refractivity contribution in [2.75, 3.05) is 5.32 Å². The van der Waals surface area contributed by atoms with Crippen molar-refractivity contribution in [1.82, 2.24) is 0 Å². The number of rotatable bonds is 5. The third-order valence-corrected chi connectivity index (χ3v) is 3.61. The van der Waals surface area contributed by atoms with Crippen LogP contribution in [0, 0.1) is 5.92 Å². The second-order valence-corrected chi connectivity index (χ2v) is 4.94. The Morgan fingerprint density at radius 2 is 2.00 bits per heavy atom. The fourth-order valence-corrected chi connectivity index (χ4v) is 1.79. The number of hydrogen-bond donors (Lipinski definition) is 2. The van der Waals surface area contributed by atoms with Crippen molar-refractivity contribution in [3.63, 3.8) is 0 Å². The minimum atomic E-state index is -0.747. The zero-order chi connectivity index (χ0) is 13.1. The van der Waals surface area contributed by atoms with Gasteiger partial charge in [-0.15, -0.1) is 0 Å². The molecule has 0 fully saturated rings. The number of benzene rings is 1. The van der Waals surface area contributed by atoms with E-state index in [1.165, 1.54) is 0 Å². The predicted molar refractivity (Wildman–Crippen MR) is 72.1 cm³/mol. The lowest BCUT2D eigenvalue weighted by atomic mass is 9.84. The molecule has 4 heteroatoms. The summed E-state index contributed by atoms with van der Waals surface area (Å²) in [6.45, 7) is 5.88. The van der Waals surface area contributed by atoms with Crippen LogP contribution in [0.3, 0.4) is 0 Å². The second kappa shape index (κ2) is 5.41. The quantitative estimate of drug-likeness (QED) is 0.849. The Bertz CT molecular complexity index is 391. The number of nitrogens with one attached hydrogen (secondary N) is 1. The number of hydrogen-bond acceptors (Lipinski definition) is 2. The van der Waals surface area contributed by atoms with Gasteiger partial charge >= 0.3 is 0 Å². The standard InChI is InChI=1S/C13H19ClN2O/c1-4-9(2)13(3,12(15)17)16-11-7-5-10(14)6-8-11/h5-9,16H,4H2,1-3H3,(H2,15,17). The Labute approximate surface area is 107 Å². The summed E-state index contributed by atoms with van der Waals surface area (Å²) in [7, 11) is 0. The monoisotopic (exact) mass is 254 g/mol. The average molecular weight is 255 g/mol. The zero-order valence-electron chi connectivity index (χ0n) is 10.5. The Kier molecular flexibility index (Phi) is 4.40. The molecule has 0 aliphatic heterocycles. The van der Waals surface area contributed by atoms with Crippen LogP contribution in [-0.4, -0.2) is 11.4 Å². The van der Waals surface area contributed by atoms with Crippen molar-refractivity contribution in [3.05, 3.63) is 29.3 Å². The van der Waals surface area contributed by atoms with Gasteiger partial charge in [-0.05, 0) is 37.1 Å². The maximum absolute atomic E-state index is 11.6. The van der Waals surface area contributed by atoms with Gasteiger partial charge in [-0.2, -0.15) is 0 Å². The molecule has 0 radical (unpaired) electrons. The van der Waals surface area contributed by atoms with Gasteiger partial charge in [-0.25, -0.2) is 0 Å². The van der Waals surface area contributed by atoms with Gasteiger partial charge < -0.3 is 11.1 Å². The van der Waals surface area contributed by atoms with Crippen LogP contribution in [0.4, 0.5) is 5.69 Å². The van der Waals surface area contributed by atoms with E-state index in [0.29, 0.717) is 5.02 Å². The molecule has 94 valence electrons. The van der Waals surface area contributed by atoms with Gasteiger partial charge in [0.05, 0.1) is 0 Å². The van der Waals surface area contributed by atoms with E-state index in [9.17, 15) is 4.79 Å². The van der Waals surface area contributed by atoms with Crippen LogP contribution in [0.5, 0.6) is 0 Å². The molecule has 2 unspecified atom stereocenters. The molecule has 0 spiro atoms. The van der Waals surface area contributed by atoms with Gasteiger partial charge in [0.25, 0.3) is 0 Å². The third-order valence-electron chi connectivity index (χ3n) is 3.36. The highest BCUT2D eigenvalue weighted by molar-refractivity contribution is 6.30. The molecule has 3 N–H and O–H groups in total. The molecule has 0 saturated heterocycles. The number of nitrogens with two attached hydrogens (primary N) is 1. The lowest BCUT2D eigenvalue weighted by Gasteiger charge is -2.34. The van der Waals surface area contributed by atoms with Gasteiger partial charge in [0, 0.05) is 10.7 Å². The third kappa shape index (κ3) is 3.13. The molecular weight excluding hydrogens is 236 g/mol. The molecule has 0 heterocycles. The van der Waals surface area contributed by atoms with E-state index in [4.69, 9.17) is 17.3 Å². The Morgan fingerprint density at radius 3 is 2.41 bits per heavy atom. The molecule has 2 atom stereocenters. The molecule has 17 heavy (non-hydrogen) atoms. The molecule has 0 aliphatic rings. The summed E-state index contributed by atoms with van der Waals surface area (Å²) in [4.78, 5) is 11.6. The maximum atomic E-state index is 11.6. The van der Waals surface area contributed by atoms with E-state index in [1.807, 2.05) is 32.9 Å². The molecule has 1 aromatic rings. The summed E-state index contributed by atoms with van der Waals surface area (Å²) < 4.78 is 0. The van der Waals surface area contributed by atoms with Crippen LogP contribution < -0.4 is 11.1 Å². The largest absolute Gasteiger partial charge is 0.371 e. The molecule has 1 aromatic carbocycles. The van der Waals surface area contributed by atoms with Gasteiger partial charge in [0.15, 0.2) is 0 Å². The van der Waals surface area contributed by atoms with Crippen LogP contribution in [-0.2, 0) is 4.79 Å². The maximum Gasteiger partial charge on any atom is 0.243 e. The van der Waals surface area contributed by atoms with E-state index in [2.05, 4.69) is 5.32 Å². The smallest absolute Gasteiger partial charge is 0.243 e. The fraction of sp³-hybridized carbons (Fsp3) is 0.462. The molecule has 1 amide bonds. The van der Waals surface area contributed by atoms with Crippen LogP contribution in [0.1, 0.15) is 27.2 Å². The van der Waals surface area contributed by atoms with E-state index in [0.717, 1.165) is 12.1 Å². The van der Waals surface area contributed by atoms with Crippen molar-refractivity contribution in [2.45, 2.75) is 32.7 Å². The molecule has 3 nitrogen and oxygen atoms in total. The summed E-state index contributed by atoms with van der Waals surface area (Å²) in [5, 5.41) is 3.87. The topological polar surface area (TPSA) is 55.1 Å². The molecule has 0 saturated carbocycles. The SMILES string of the molecule is CCC(C)C(C)(Nc1ccc(Cl)cc1)C(N)=O. The van der Waals surface area contributed by atoms with Crippen molar-refractivity contribution < 1.29 is 4.79 Å². The summed E-state index contributed by atoms with van der Waals surface area (Å²) in [6.07, 6.45) is 0.875. The average Bonchev–Trinajstić information content (AvgIpc) is 2.30. The van der Waals surface area contributed by atoms with E-state index in [-0.39, 0.29) is 11.8 Å². The van der Waals surface area contributed by atoms with Crippen molar-refractivity contribution in [1.29, 1.82) is 0 Å². The minimum Gasteiger partial charge on any atom is -0.371 e. The van der Waals surface area contributed by atoms with E-state index >= 15 is 0 Å². The predicted octanol–water partition coefficient (Wildman–Crippen LogP) is 3.04. The fourth-order valence-electron chi connectivity index (χ4n) is 1.67. The molecular formula is C13H19ClN2O. The van der Waals surface area contributed by atoms with Crippen molar-refractivity contribution in [2.24, 2.45) is 11.7 Å². The van der Waals surface area contributed by atoms with Gasteiger partial charge in [-0.3, -0.25) is 4.79 Å². The van der Waals surface area contributed by atoms with Gasteiger partial charge in [-0.1, -0.05) is 31.9 Å². The highest BCUT2D eigenvalue weighted by Crippen LogP contribution is 2.26. The Balaban J connectivity index is 2.94. The molecule has 1 rings (SSSR count). The molecule has 0 aromatic heterocycles.